The van der Waals surface area contributed by atoms with Gasteiger partial charge in [-0.15, -0.1) is 0 Å². The van der Waals surface area contributed by atoms with Gasteiger partial charge in [-0.3, -0.25) is 4.79 Å². The number of hydrogen-bond acceptors (Lipinski definition) is 2. The van der Waals surface area contributed by atoms with Gasteiger partial charge in [0.1, 0.15) is 19.6 Å². The van der Waals surface area contributed by atoms with Crippen molar-refractivity contribution in [1.82, 2.24) is 0 Å². The van der Waals surface area contributed by atoms with E-state index < -0.39 is 38.0 Å². The van der Waals surface area contributed by atoms with Crippen LogP contribution in [0.15, 0.2) is 558 Å². The molecule has 0 atom stereocenters. The van der Waals surface area contributed by atoms with Gasteiger partial charge < -0.3 is 76.4 Å². The molecule has 0 N–H and O–H groups in total. The summed E-state index contributed by atoms with van der Waals surface area (Å²) in [6, 6.07) is 201. The van der Waals surface area contributed by atoms with Crippen molar-refractivity contribution in [2.24, 2.45) is 0 Å². The molecule has 0 saturated carbocycles. The standard InChI is InChI=1S/C27H26BP.C27H26PSi.2C18H15B.C16H18P.C8H14O2.2C6H6.6CH3.3Pd/c1-2-28(24-15-7-3-8-16-24,25-17-9-4-10-18-25)23-29(26-19-11-5-12-20-26)27-21-13-6-14-22-27;1-2-29(26-19-11-5-12-20-26,27-21-13-6-14-22-27)23-28(24-15-7-3-8-16-24)25-17-9-4-10-18-25;2*1-4-10-16(11-5-1)19(17-12-6-2-7-13-17)18-14-8-3-9-15-18;1-2-3-14-17(15-10-6-4-7-11-15)16-12-8-5-9-13-16;1-3-4-8(10)6-5-7(2)9;2*1-2-4-6-5-3-1;;;;;;;;;/h2*3-22H,1-2,23H2;2*1-15H;4-13H,1-3,14H2;3-6H2,1-2H3;2*1-6H;6*1H3;;;/q-2;-1;;;-1;;;;6*-1;;;/p+3. The zero-order valence-corrected chi connectivity index (χ0v) is 94.2. The van der Waals surface area contributed by atoms with Crippen LogP contribution >= 0.6 is 23.8 Å². The molecule has 12 heteroatoms. The zero-order valence-electron chi connectivity index (χ0n) is 85.5. The first-order valence-corrected chi connectivity index (χ1v) is 55.2. The number of carbonyl (C=O) groups excluding carboxylic acids is 2. The van der Waals surface area contributed by atoms with E-state index in [9.17, 15) is 9.59 Å². The molecule has 0 radical (unpaired) electrons. The summed E-state index contributed by atoms with van der Waals surface area (Å²) in [6.45, 7) is 17.1. The van der Waals surface area contributed by atoms with E-state index in [-0.39, 0.29) is 117 Å². The molecule has 0 saturated heterocycles. The van der Waals surface area contributed by atoms with Crippen LogP contribution in [0.5, 0.6) is 0 Å². The van der Waals surface area contributed by atoms with Crippen molar-refractivity contribution in [1.29, 1.82) is 0 Å². The van der Waals surface area contributed by atoms with E-state index >= 15 is 0 Å². The van der Waals surface area contributed by atoms with Crippen LogP contribution in [0.25, 0.3) is 0 Å². The molecular weight excluding hydrogens is 2090 g/mol. The Morgan fingerprint density at radius 1 is 0.264 bits per heavy atom. The number of benzene rings is 18. The average Bonchev–Trinajstić information content (AvgIpc) is 0.770. The van der Waals surface area contributed by atoms with Crippen LogP contribution in [0.2, 0.25) is 12.4 Å². The Morgan fingerprint density at radius 3 is 0.674 bits per heavy atom. The second-order valence-electron chi connectivity index (χ2n) is 33.5. The van der Waals surface area contributed by atoms with E-state index in [0.717, 1.165) is 31.3 Å². The molecule has 18 aromatic carbocycles. The maximum atomic E-state index is 10.8. The monoisotopic (exact) mass is 2240 g/mol. The first-order chi connectivity index (χ1) is 66.6. The van der Waals surface area contributed by atoms with Crippen LogP contribution in [-0.4, -0.2) is 57.2 Å². The predicted octanol–water partition coefficient (Wildman–Crippen LogP) is 24.6. The second-order valence-corrected chi connectivity index (χ2v) is 46.0. The summed E-state index contributed by atoms with van der Waals surface area (Å²) in [7, 11) is -4.53. The Morgan fingerprint density at radius 2 is 0.465 bits per heavy atom. The van der Waals surface area contributed by atoms with E-state index in [1.807, 2.05) is 79.7 Å². The molecule has 0 heterocycles. The first kappa shape index (κ1) is 129. The van der Waals surface area contributed by atoms with Crippen LogP contribution in [0.4, 0.5) is 0 Å². The number of hydrogen-bond donors (Lipinski definition) is 0. The maximum absolute atomic E-state index is 10.8. The van der Waals surface area contributed by atoms with E-state index in [1.165, 1.54) is 111 Å². The van der Waals surface area contributed by atoms with Gasteiger partial charge in [-0.2, -0.15) is 12.5 Å². The molecule has 18 rings (SSSR count). The van der Waals surface area contributed by atoms with E-state index in [1.54, 1.807) is 0 Å². The predicted molar refractivity (Wildman–Crippen MR) is 646 cm³/mol. The van der Waals surface area contributed by atoms with E-state index in [0.29, 0.717) is 32.7 Å². The molecule has 0 aliphatic carbocycles. The fraction of sp³-hybridized carbons (Fsp3) is 0.0985. The minimum Gasteiger partial charge on any atom is -0.376 e. The Kier molecular flexibility index (Phi) is 67.8. The third-order valence-electron chi connectivity index (χ3n) is 24.3. The van der Waals surface area contributed by atoms with Crippen LogP contribution in [0.1, 0.15) is 52.4 Å². The van der Waals surface area contributed by atoms with Crippen LogP contribution in [0.3, 0.4) is 0 Å². The fourth-order valence-corrected chi connectivity index (χ4v) is 33.9. The van der Waals surface area contributed by atoms with Gasteiger partial charge in [-0.1, -0.05) is 541 Å². The molecule has 0 bridgehead atoms. The fourth-order valence-electron chi connectivity index (χ4n) is 17.3. The summed E-state index contributed by atoms with van der Waals surface area (Å²) in [6.07, 6.45) is 5.81. The van der Waals surface area contributed by atoms with Gasteiger partial charge in [0, 0.05) is 88.5 Å². The van der Waals surface area contributed by atoms with Gasteiger partial charge >= 0.3 is 0 Å². The maximum Gasteiger partial charge on any atom is 0.241 e. The molecule has 0 spiro atoms. The number of ketones is 2. The Balaban J connectivity index is 0.000000574. The second kappa shape index (κ2) is 75.7. The average molecular weight is 2240 g/mol. The Hall–Kier alpha value is -11.0. The van der Waals surface area contributed by atoms with Gasteiger partial charge in [0.25, 0.3) is 0 Å². The largest absolute Gasteiger partial charge is 0.376 e. The van der Waals surface area contributed by atoms with Crippen molar-refractivity contribution in [2.75, 3.05) is 18.0 Å². The SMILES string of the molecule is CCCC(=O)CCC(C)=O.[CH2-]CCC[PH+](c1ccccc1)c1ccccc1.[CH2-]C[B-](C[PH+](c1ccccc1)c1ccccc1)(c1ccccc1)c1ccccc1.[CH2-]C[Si](C[PH+](c1ccccc1)c1ccccc1)(c1ccccc1)c1ccccc1.[CH3-].[CH3-].[CH3-].[CH3-].[CH3-].[CH3-].[Pd].[Pd].[Pd].c1ccc(B(c2ccccc2)c2ccccc2)cc1.c1ccc(B(c2ccccc2)c2ccccc2)cc1.c1ccccc1.c1ccccc1. The van der Waals surface area contributed by atoms with Gasteiger partial charge in [0.15, 0.2) is 0 Å². The van der Waals surface area contributed by atoms with Crippen LogP contribution in [0, 0.1) is 65.3 Å². The number of unbranched alkanes of at least 4 members (excludes halogenated alkanes) is 1. The summed E-state index contributed by atoms with van der Waals surface area (Å²) in [5.74, 6) is 1.52. The van der Waals surface area contributed by atoms with Gasteiger partial charge in [-0.05, 0) is 92.6 Å². The molecule has 752 valence electrons. The van der Waals surface area contributed by atoms with Crippen molar-refractivity contribution in [2.45, 2.75) is 64.7 Å². The number of rotatable bonds is 30. The topological polar surface area (TPSA) is 34.1 Å². The Labute approximate surface area is 917 Å². The first-order valence-electron chi connectivity index (χ1n) is 47.6. The third-order valence-corrected chi connectivity index (χ3v) is 40.0. The van der Waals surface area contributed by atoms with Crippen molar-refractivity contribution < 1.29 is 70.9 Å². The summed E-state index contributed by atoms with van der Waals surface area (Å²) < 4.78 is 0. The third kappa shape index (κ3) is 42.2. The molecule has 2 nitrogen and oxygen atoms in total. The molecule has 144 heavy (non-hydrogen) atoms. The zero-order chi connectivity index (χ0) is 94.1. The van der Waals surface area contributed by atoms with Crippen molar-refractivity contribution in [3.8, 4) is 0 Å². The normalized spacial score (nSPS) is 9.89. The minimum absolute atomic E-state index is 0. The van der Waals surface area contributed by atoms with Crippen LogP contribution in [-0.2, 0) is 70.9 Å². The minimum atomic E-state index is -2.02. The summed E-state index contributed by atoms with van der Waals surface area (Å²) in [4.78, 5) is 21.2. The van der Waals surface area contributed by atoms with Gasteiger partial charge in [-0.25, -0.2) is 10.9 Å². The number of Topliss-reactive ketones (excluding diaryl/α,β-unsaturated/α-hetero) is 2. The molecule has 0 aromatic heterocycles. The summed E-state index contributed by atoms with van der Waals surface area (Å²) >= 11 is 0. The number of carbonyl (C=O) groups is 2. The quantitative estimate of drug-likeness (QED) is 0.0255. The molecule has 0 unspecified atom stereocenters. The van der Waals surface area contributed by atoms with E-state index in [4.69, 9.17) is 0 Å². The summed E-state index contributed by atoms with van der Waals surface area (Å²) in [5.41, 5.74) is 10.8. The molecule has 0 aliphatic heterocycles. The van der Waals surface area contributed by atoms with Gasteiger partial charge in [0.2, 0.25) is 13.4 Å². The van der Waals surface area contributed by atoms with Gasteiger partial charge in [0.05, 0.1) is 65.8 Å². The molecular formula is C132H147B3O2P3Pd3Si-7. The van der Waals surface area contributed by atoms with Crippen molar-refractivity contribution in [3.63, 3.8) is 0 Å². The van der Waals surface area contributed by atoms with Crippen LogP contribution < -0.4 is 85.9 Å². The molecule has 18 aromatic rings. The van der Waals surface area contributed by atoms with Crippen molar-refractivity contribution in [3.05, 3.63) is 623 Å². The summed E-state index contributed by atoms with van der Waals surface area (Å²) in [5, 5.41) is 11.9. The van der Waals surface area contributed by atoms with Crippen molar-refractivity contribution >= 4 is 149 Å². The molecule has 0 aliphatic rings. The molecule has 0 fully saturated rings. The van der Waals surface area contributed by atoms with E-state index in [2.05, 4.69) is 506 Å². The molecule has 0 amide bonds. The Bertz CT molecular complexity index is 5350. The smallest absolute Gasteiger partial charge is 0.241 e.